The van der Waals surface area contributed by atoms with Gasteiger partial charge in [-0.1, -0.05) is 0 Å². The van der Waals surface area contributed by atoms with Gasteiger partial charge in [0.25, 0.3) is 0 Å². The van der Waals surface area contributed by atoms with Crippen LogP contribution in [-0.2, 0) is 4.74 Å². The number of hydrogen-bond acceptors (Lipinski definition) is 2. The Labute approximate surface area is 67.1 Å². The quantitative estimate of drug-likeness (QED) is 0.667. The molecule has 2 atom stereocenters. The molecule has 0 bridgehead atoms. The maximum Gasteiger partial charge on any atom is 0.115 e. The largest absolute Gasteiger partial charge is 0.378 e. The third kappa shape index (κ3) is 3.16. The SMILES string of the molecule is CNCC(F)CC1CCCO1. The summed E-state index contributed by atoms with van der Waals surface area (Å²) in [5.41, 5.74) is 0. The van der Waals surface area contributed by atoms with Gasteiger partial charge in [0.05, 0.1) is 6.10 Å². The van der Waals surface area contributed by atoms with E-state index in [4.69, 9.17) is 4.74 Å². The predicted molar refractivity (Wildman–Crippen MR) is 42.4 cm³/mol. The number of hydrogen-bond donors (Lipinski definition) is 1. The molecule has 0 spiro atoms. The van der Waals surface area contributed by atoms with E-state index in [2.05, 4.69) is 5.32 Å². The Morgan fingerprint density at radius 2 is 2.55 bits per heavy atom. The molecule has 2 unspecified atom stereocenters. The average molecular weight is 161 g/mol. The lowest BCUT2D eigenvalue weighted by atomic mass is 10.1. The maximum atomic E-state index is 12.9. The van der Waals surface area contributed by atoms with Gasteiger partial charge in [0, 0.05) is 19.6 Å². The summed E-state index contributed by atoms with van der Waals surface area (Å²) in [5, 5.41) is 2.81. The van der Waals surface area contributed by atoms with E-state index in [1.54, 1.807) is 7.05 Å². The van der Waals surface area contributed by atoms with Crippen molar-refractivity contribution in [2.45, 2.75) is 31.5 Å². The number of rotatable bonds is 4. The number of halogens is 1. The highest BCUT2D eigenvalue weighted by Crippen LogP contribution is 2.17. The lowest BCUT2D eigenvalue weighted by Gasteiger charge is -2.12. The van der Waals surface area contributed by atoms with Gasteiger partial charge in [-0.2, -0.15) is 0 Å². The summed E-state index contributed by atoms with van der Waals surface area (Å²) >= 11 is 0. The van der Waals surface area contributed by atoms with Crippen molar-refractivity contribution in [2.24, 2.45) is 0 Å². The van der Waals surface area contributed by atoms with Gasteiger partial charge in [-0.05, 0) is 19.9 Å². The van der Waals surface area contributed by atoms with Gasteiger partial charge in [0.2, 0.25) is 0 Å². The molecule has 0 aromatic heterocycles. The first kappa shape index (κ1) is 8.94. The van der Waals surface area contributed by atoms with Crippen LogP contribution < -0.4 is 5.32 Å². The molecule has 1 aliphatic heterocycles. The van der Waals surface area contributed by atoms with E-state index in [-0.39, 0.29) is 6.10 Å². The minimum atomic E-state index is -0.747. The monoisotopic (exact) mass is 161 g/mol. The maximum absolute atomic E-state index is 12.9. The smallest absolute Gasteiger partial charge is 0.115 e. The molecule has 0 aliphatic carbocycles. The van der Waals surface area contributed by atoms with Gasteiger partial charge in [0.1, 0.15) is 6.17 Å². The molecule has 1 fully saturated rings. The van der Waals surface area contributed by atoms with Crippen molar-refractivity contribution in [2.75, 3.05) is 20.2 Å². The summed E-state index contributed by atoms with van der Waals surface area (Å²) in [5.74, 6) is 0. The molecule has 1 N–H and O–H groups in total. The Hall–Kier alpha value is -0.150. The fourth-order valence-electron chi connectivity index (χ4n) is 1.42. The lowest BCUT2D eigenvalue weighted by Crippen LogP contribution is -2.24. The Morgan fingerprint density at radius 3 is 3.09 bits per heavy atom. The van der Waals surface area contributed by atoms with Gasteiger partial charge in [0.15, 0.2) is 0 Å². The first-order chi connectivity index (χ1) is 5.33. The minimum Gasteiger partial charge on any atom is -0.378 e. The van der Waals surface area contributed by atoms with Crippen molar-refractivity contribution in [3.05, 3.63) is 0 Å². The van der Waals surface area contributed by atoms with Crippen LogP contribution in [0.15, 0.2) is 0 Å². The van der Waals surface area contributed by atoms with Crippen molar-refractivity contribution >= 4 is 0 Å². The topological polar surface area (TPSA) is 21.3 Å². The normalized spacial score (nSPS) is 27.3. The summed E-state index contributed by atoms with van der Waals surface area (Å²) in [6, 6.07) is 0. The first-order valence-electron chi connectivity index (χ1n) is 4.23. The van der Waals surface area contributed by atoms with E-state index in [0.29, 0.717) is 13.0 Å². The van der Waals surface area contributed by atoms with Crippen molar-refractivity contribution in [3.63, 3.8) is 0 Å². The number of alkyl halides is 1. The van der Waals surface area contributed by atoms with Crippen LogP contribution >= 0.6 is 0 Å². The lowest BCUT2D eigenvalue weighted by molar-refractivity contribution is 0.0812. The Morgan fingerprint density at radius 1 is 1.73 bits per heavy atom. The van der Waals surface area contributed by atoms with Crippen molar-refractivity contribution in [1.29, 1.82) is 0 Å². The molecule has 2 nitrogen and oxygen atoms in total. The van der Waals surface area contributed by atoms with Crippen LogP contribution in [0.5, 0.6) is 0 Å². The zero-order valence-electron chi connectivity index (χ0n) is 6.98. The Balaban J connectivity index is 2.08. The molecule has 0 saturated carbocycles. The molecule has 1 aliphatic rings. The summed E-state index contributed by atoms with van der Waals surface area (Å²) < 4.78 is 18.2. The molecule has 1 rings (SSSR count). The van der Waals surface area contributed by atoms with Crippen molar-refractivity contribution in [1.82, 2.24) is 5.32 Å². The Kier molecular flexibility index (Phi) is 3.80. The summed E-state index contributed by atoms with van der Waals surface area (Å²) in [6.07, 6.45) is 2.11. The van der Waals surface area contributed by atoms with Gasteiger partial charge < -0.3 is 10.1 Å². The van der Waals surface area contributed by atoms with Crippen molar-refractivity contribution in [3.8, 4) is 0 Å². The van der Waals surface area contributed by atoms with Crippen LogP contribution in [-0.4, -0.2) is 32.5 Å². The molecular weight excluding hydrogens is 145 g/mol. The van der Waals surface area contributed by atoms with Gasteiger partial charge in [-0.15, -0.1) is 0 Å². The zero-order valence-corrected chi connectivity index (χ0v) is 6.98. The molecule has 0 amide bonds. The van der Waals surface area contributed by atoms with Crippen LogP contribution in [0, 0.1) is 0 Å². The van der Waals surface area contributed by atoms with E-state index < -0.39 is 6.17 Å². The van der Waals surface area contributed by atoms with Gasteiger partial charge >= 0.3 is 0 Å². The summed E-state index contributed by atoms with van der Waals surface area (Å²) in [4.78, 5) is 0. The molecule has 66 valence electrons. The number of ether oxygens (including phenoxy) is 1. The predicted octanol–water partition coefficient (Wildman–Crippen LogP) is 1.11. The zero-order chi connectivity index (χ0) is 8.10. The fraction of sp³-hybridized carbons (Fsp3) is 1.00. The van der Waals surface area contributed by atoms with Crippen LogP contribution in [0.3, 0.4) is 0 Å². The molecule has 1 heterocycles. The number of nitrogens with one attached hydrogen (secondary N) is 1. The first-order valence-corrected chi connectivity index (χ1v) is 4.23. The third-order valence-electron chi connectivity index (χ3n) is 1.97. The van der Waals surface area contributed by atoms with Gasteiger partial charge in [-0.25, -0.2) is 4.39 Å². The molecule has 0 radical (unpaired) electrons. The van der Waals surface area contributed by atoms with E-state index in [1.165, 1.54) is 0 Å². The standard InChI is InChI=1S/C8H16FNO/c1-10-6-7(9)5-8-3-2-4-11-8/h7-8,10H,2-6H2,1H3. The van der Waals surface area contributed by atoms with Crippen molar-refractivity contribution < 1.29 is 9.13 Å². The molecule has 0 aromatic rings. The molecule has 11 heavy (non-hydrogen) atoms. The van der Waals surface area contributed by atoms with E-state index in [0.717, 1.165) is 19.4 Å². The Bertz CT molecular complexity index is 104. The summed E-state index contributed by atoms with van der Waals surface area (Å²) in [7, 11) is 1.77. The second kappa shape index (κ2) is 4.67. The van der Waals surface area contributed by atoms with Crippen LogP contribution in [0.25, 0.3) is 0 Å². The molecular formula is C8H16FNO. The second-order valence-electron chi connectivity index (χ2n) is 3.03. The average Bonchev–Trinajstić information content (AvgIpc) is 2.40. The van der Waals surface area contributed by atoms with E-state index in [9.17, 15) is 4.39 Å². The highest BCUT2D eigenvalue weighted by molar-refractivity contribution is 4.70. The van der Waals surface area contributed by atoms with Crippen LogP contribution in [0.1, 0.15) is 19.3 Å². The van der Waals surface area contributed by atoms with Gasteiger partial charge in [-0.3, -0.25) is 0 Å². The minimum absolute atomic E-state index is 0.179. The summed E-state index contributed by atoms with van der Waals surface area (Å²) in [6.45, 7) is 1.26. The second-order valence-corrected chi connectivity index (χ2v) is 3.03. The van der Waals surface area contributed by atoms with E-state index in [1.807, 2.05) is 0 Å². The highest BCUT2D eigenvalue weighted by Gasteiger charge is 2.19. The highest BCUT2D eigenvalue weighted by atomic mass is 19.1. The molecule has 0 aromatic carbocycles. The van der Waals surface area contributed by atoms with E-state index >= 15 is 0 Å². The third-order valence-corrected chi connectivity index (χ3v) is 1.97. The van der Waals surface area contributed by atoms with Crippen LogP contribution in [0.2, 0.25) is 0 Å². The molecule has 1 saturated heterocycles. The van der Waals surface area contributed by atoms with Crippen LogP contribution in [0.4, 0.5) is 4.39 Å². The molecule has 3 heteroatoms. The fourth-order valence-corrected chi connectivity index (χ4v) is 1.42.